The van der Waals surface area contributed by atoms with E-state index in [0.29, 0.717) is 24.5 Å². The van der Waals surface area contributed by atoms with Crippen molar-refractivity contribution in [2.45, 2.75) is 26.2 Å². The minimum atomic E-state index is -0.108. The van der Waals surface area contributed by atoms with Crippen LogP contribution in [0, 0.1) is 0 Å². The van der Waals surface area contributed by atoms with Gasteiger partial charge in [-0.3, -0.25) is 4.79 Å². The molecule has 1 aliphatic heterocycles. The Morgan fingerprint density at radius 1 is 1.14 bits per heavy atom. The van der Waals surface area contributed by atoms with Crippen molar-refractivity contribution < 1.29 is 14.3 Å². The van der Waals surface area contributed by atoms with Crippen LogP contribution in [0.25, 0.3) is 0 Å². The standard InChI is InChI=1S/C22H27N3O3/c1-16(13-17-10-11-20(27-2)21(14-17)28-3)23-24-22(26)15-25-12-6-8-18-7-4-5-9-19(18)25/h4-5,7,9-11,14H,6,8,12-13,15H2,1-3H3,(H,24,26)/b23-16-. The average molecular weight is 381 g/mol. The van der Waals surface area contributed by atoms with E-state index in [9.17, 15) is 4.79 Å². The molecule has 6 heteroatoms. The molecule has 28 heavy (non-hydrogen) atoms. The van der Waals surface area contributed by atoms with Gasteiger partial charge in [0.05, 0.1) is 20.8 Å². The normalized spacial score (nSPS) is 13.7. The van der Waals surface area contributed by atoms with Crippen molar-refractivity contribution in [3.8, 4) is 11.5 Å². The molecule has 6 nitrogen and oxygen atoms in total. The summed E-state index contributed by atoms with van der Waals surface area (Å²) in [6.07, 6.45) is 2.75. The van der Waals surface area contributed by atoms with Gasteiger partial charge in [0.15, 0.2) is 11.5 Å². The number of para-hydroxylation sites is 1. The molecule has 0 unspecified atom stereocenters. The lowest BCUT2D eigenvalue weighted by molar-refractivity contribution is -0.119. The molecule has 2 aromatic carbocycles. The van der Waals surface area contributed by atoms with E-state index in [1.807, 2.05) is 37.3 Å². The van der Waals surface area contributed by atoms with E-state index in [-0.39, 0.29) is 5.91 Å². The topological polar surface area (TPSA) is 63.2 Å². The van der Waals surface area contributed by atoms with Gasteiger partial charge in [-0.1, -0.05) is 24.3 Å². The van der Waals surface area contributed by atoms with Gasteiger partial charge < -0.3 is 14.4 Å². The third-order valence-corrected chi connectivity index (χ3v) is 4.82. The van der Waals surface area contributed by atoms with E-state index in [2.05, 4.69) is 27.6 Å². The lowest BCUT2D eigenvalue weighted by atomic mass is 10.0. The van der Waals surface area contributed by atoms with E-state index < -0.39 is 0 Å². The summed E-state index contributed by atoms with van der Waals surface area (Å²) in [4.78, 5) is 14.5. The summed E-state index contributed by atoms with van der Waals surface area (Å²) >= 11 is 0. The molecule has 0 saturated carbocycles. The van der Waals surface area contributed by atoms with E-state index in [1.54, 1.807) is 14.2 Å². The highest BCUT2D eigenvalue weighted by molar-refractivity contribution is 5.87. The first-order chi connectivity index (χ1) is 13.6. The molecule has 1 N–H and O–H groups in total. The zero-order valence-corrected chi connectivity index (χ0v) is 16.7. The molecule has 0 aromatic heterocycles. The molecule has 3 rings (SSSR count). The maximum atomic E-state index is 12.4. The largest absolute Gasteiger partial charge is 0.493 e. The first-order valence-electron chi connectivity index (χ1n) is 9.46. The van der Waals surface area contributed by atoms with E-state index >= 15 is 0 Å². The molecule has 0 saturated heterocycles. The quantitative estimate of drug-likeness (QED) is 0.591. The second kappa shape index (κ2) is 9.26. The number of hydrazone groups is 1. The van der Waals surface area contributed by atoms with Crippen LogP contribution in [0.2, 0.25) is 0 Å². The van der Waals surface area contributed by atoms with Gasteiger partial charge in [-0.05, 0) is 49.1 Å². The fraction of sp³-hybridized carbons (Fsp3) is 0.364. The Morgan fingerprint density at radius 2 is 1.93 bits per heavy atom. The second-order valence-corrected chi connectivity index (χ2v) is 6.90. The number of ether oxygens (including phenoxy) is 2. The van der Waals surface area contributed by atoms with Crippen molar-refractivity contribution >= 4 is 17.3 Å². The number of fused-ring (bicyclic) bond motifs is 1. The summed E-state index contributed by atoms with van der Waals surface area (Å²) in [5.74, 6) is 1.26. The second-order valence-electron chi connectivity index (χ2n) is 6.90. The Kier molecular flexibility index (Phi) is 6.53. The fourth-order valence-corrected chi connectivity index (χ4v) is 3.47. The summed E-state index contributed by atoms with van der Waals surface area (Å²) in [6, 6.07) is 14.0. The highest BCUT2D eigenvalue weighted by Crippen LogP contribution is 2.28. The third kappa shape index (κ3) is 4.82. The number of nitrogens with zero attached hydrogens (tertiary/aromatic N) is 2. The highest BCUT2D eigenvalue weighted by Gasteiger charge is 2.18. The van der Waals surface area contributed by atoms with Gasteiger partial charge in [-0.2, -0.15) is 5.10 Å². The maximum absolute atomic E-state index is 12.4. The molecule has 1 heterocycles. The first-order valence-corrected chi connectivity index (χ1v) is 9.46. The number of hydrogen-bond acceptors (Lipinski definition) is 5. The van der Waals surface area contributed by atoms with Crippen LogP contribution in [-0.4, -0.2) is 38.9 Å². The van der Waals surface area contributed by atoms with Crippen LogP contribution < -0.4 is 19.8 Å². The van der Waals surface area contributed by atoms with Gasteiger partial charge in [0.25, 0.3) is 5.91 Å². The predicted octanol–water partition coefficient (Wildman–Crippen LogP) is 3.19. The van der Waals surface area contributed by atoms with Crippen molar-refractivity contribution in [1.82, 2.24) is 5.43 Å². The van der Waals surface area contributed by atoms with Gasteiger partial charge in [0.1, 0.15) is 0 Å². The molecule has 0 bridgehead atoms. The van der Waals surface area contributed by atoms with E-state index in [1.165, 1.54) is 5.56 Å². The molecular formula is C22H27N3O3. The Morgan fingerprint density at radius 3 is 2.71 bits per heavy atom. The smallest absolute Gasteiger partial charge is 0.259 e. The molecule has 2 aromatic rings. The lowest BCUT2D eigenvalue weighted by Crippen LogP contribution is -2.38. The number of anilines is 1. The zero-order valence-electron chi connectivity index (χ0n) is 16.7. The minimum Gasteiger partial charge on any atom is -0.493 e. The van der Waals surface area contributed by atoms with Crippen LogP contribution in [0.3, 0.4) is 0 Å². The van der Waals surface area contributed by atoms with Crippen molar-refractivity contribution in [3.05, 3.63) is 53.6 Å². The number of rotatable bonds is 7. The first kappa shape index (κ1) is 19.7. The number of amides is 1. The van der Waals surface area contributed by atoms with E-state index in [0.717, 1.165) is 36.3 Å². The maximum Gasteiger partial charge on any atom is 0.259 e. The van der Waals surface area contributed by atoms with Gasteiger partial charge in [-0.15, -0.1) is 0 Å². The number of carbonyl (C=O) groups is 1. The molecule has 0 aliphatic carbocycles. The van der Waals surface area contributed by atoms with Gasteiger partial charge in [0.2, 0.25) is 0 Å². The van der Waals surface area contributed by atoms with Crippen molar-refractivity contribution in [2.24, 2.45) is 5.10 Å². The molecule has 0 fully saturated rings. The number of hydrogen-bond donors (Lipinski definition) is 1. The number of carbonyl (C=O) groups excluding carboxylic acids is 1. The van der Waals surface area contributed by atoms with Crippen molar-refractivity contribution in [1.29, 1.82) is 0 Å². The molecule has 0 radical (unpaired) electrons. The number of benzene rings is 2. The molecule has 1 amide bonds. The molecule has 148 valence electrons. The van der Waals surface area contributed by atoms with Crippen LogP contribution in [-0.2, 0) is 17.6 Å². The van der Waals surface area contributed by atoms with Gasteiger partial charge >= 0.3 is 0 Å². The summed E-state index contributed by atoms with van der Waals surface area (Å²) in [6.45, 7) is 3.09. The lowest BCUT2D eigenvalue weighted by Gasteiger charge is -2.30. The third-order valence-electron chi connectivity index (χ3n) is 4.82. The zero-order chi connectivity index (χ0) is 19.9. The van der Waals surface area contributed by atoms with Crippen LogP contribution in [0.15, 0.2) is 47.6 Å². The Balaban J connectivity index is 1.57. The van der Waals surface area contributed by atoms with Crippen LogP contribution in [0.1, 0.15) is 24.5 Å². The Bertz CT molecular complexity index is 864. The van der Waals surface area contributed by atoms with Crippen molar-refractivity contribution in [2.75, 3.05) is 32.2 Å². The SMILES string of the molecule is COc1ccc(C/C(C)=N\NC(=O)CN2CCCc3ccccc32)cc1OC. The summed E-state index contributed by atoms with van der Waals surface area (Å²) in [7, 11) is 3.22. The molecule has 0 spiro atoms. The summed E-state index contributed by atoms with van der Waals surface area (Å²) < 4.78 is 10.6. The molecule has 1 aliphatic rings. The van der Waals surface area contributed by atoms with Crippen LogP contribution in [0.5, 0.6) is 11.5 Å². The minimum absolute atomic E-state index is 0.108. The van der Waals surface area contributed by atoms with Gasteiger partial charge in [-0.25, -0.2) is 5.43 Å². The fourth-order valence-electron chi connectivity index (χ4n) is 3.47. The molecule has 0 atom stereocenters. The summed E-state index contributed by atoms with van der Waals surface area (Å²) in [5.41, 5.74) is 6.99. The average Bonchev–Trinajstić information content (AvgIpc) is 2.72. The summed E-state index contributed by atoms with van der Waals surface area (Å²) in [5, 5.41) is 4.26. The van der Waals surface area contributed by atoms with Crippen LogP contribution >= 0.6 is 0 Å². The van der Waals surface area contributed by atoms with E-state index in [4.69, 9.17) is 9.47 Å². The monoisotopic (exact) mass is 381 g/mol. The van der Waals surface area contributed by atoms with Gasteiger partial charge in [0, 0.05) is 24.4 Å². The predicted molar refractivity (Wildman–Crippen MR) is 111 cm³/mol. The van der Waals surface area contributed by atoms with Crippen molar-refractivity contribution in [3.63, 3.8) is 0 Å². The Hall–Kier alpha value is -3.02. The number of nitrogens with one attached hydrogen (secondary N) is 1. The molecular weight excluding hydrogens is 354 g/mol. The number of aryl methyl sites for hydroxylation is 1. The number of methoxy groups -OCH3 is 2. The highest BCUT2D eigenvalue weighted by atomic mass is 16.5. The Labute approximate surface area is 166 Å². The van der Waals surface area contributed by atoms with Crippen LogP contribution in [0.4, 0.5) is 5.69 Å².